The molecular formula is C15H21FN2O4S. The Morgan fingerprint density at radius 1 is 1.39 bits per heavy atom. The van der Waals surface area contributed by atoms with E-state index in [2.05, 4.69) is 0 Å². The number of halogens is 1. The lowest BCUT2D eigenvalue weighted by atomic mass is 10.0. The number of ether oxygens (including phenoxy) is 1. The van der Waals surface area contributed by atoms with Gasteiger partial charge in [0, 0.05) is 20.1 Å². The Bertz CT molecular complexity index is 677. The molecule has 1 heterocycles. The highest BCUT2D eigenvalue weighted by molar-refractivity contribution is 7.88. The molecule has 1 atom stereocenters. The SMILES string of the molecule is CN(Cc1ccc(F)cc1)C(=O)C1(C)CN(S(C)(=O)=O)CCO1. The Labute approximate surface area is 135 Å². The second kappa shape index (κ2) is 6.54. The molecule has 1 amide bonds. The fourth-order valence-electron chi connectivity index (χ4n) is 2.59. The molecule has 0 radical (unpaired) electrons. The lowest BCUT2D eigenvalue weighted by Gasteiger charge is -2.40. The summed E-state index contributed by atoms with van der Waals surface area (Å²) in [5.74, 6) is -0.649. The van der Waals surface area contributed by atoms with Gasteiger partial charge in [-0.2, -0.15) is 4.31 Å². The van der Waals surface area contributed by atoms with E-state index >= 15 is 0 Å². The molecule has 0 aliphatic carbocycles. The Kier molecular flexibility index (Phi) is 5.07. The predicted molar refractivity (Wildman–Crippen MR) is 83.6 cm³/mol. The summed E-state index contributed by atoms with van der Waals surface area (Å²) in [6.07, 6.45) is 1.12. The molecule has 0 saturated carbocycles. The minimum absolute atomic E-state index is 0.0155. The molecule has 0 bridgehead atoms. The molecule has 1 aromatic rings. The third-order valence-corrected chi connectivity index (χ3v) is 5.09. The lowest BCUT2D eigenvalue weighted by molar-refractivity contribution is -0.162. The highest BCUT2D eigenvalue weighted by atomic mass is 32.2. The van der Waals surface area contributed by atoms with E-state index in [0.717, 1.165) is 11.8 Å². The van der Waals surface area contributed by atoms with Crippen LogP contribution in [0.15, 0.2) is 24.3 Å². The first-order valence-electron chi connectivity index (χ1n) is 7.21. The average Bonchev–Trinajstić information content (AvgIpc) is 2.48. The van der Waals surface area contributed by atoms with Crippen LogP contribution in [0.5, 0.6) is 0 Å². The fourth-order valence-corrected chi connectivity index (χ4v) is 3.47. The maximum absolute atomic E-state index is 12.9. The van der Waals surface area contributed by atoms with E-state index in [1.807, 2.05) is 0 Å². The molecule has 1 aliphatic rings. The maximum Gasteiger partial charge on any atom is 0.255 e. The summed E-state index contributed by atoms with van der Waals surface area (Å²) in [5, 5.41) is 0. The van der Waals surface area contributed by atoms with Crippen LogP contribution in [-0.2, 0) is 26.1 Å². The molecule has 1 saturated heterocycles. The van der Waals surface area contributed by atoms with Crippen molar-refractivity contribution in [3.05, 3.63) is 35.6 Å². The van der Waals surface area contributed by atoms with Crippen LogP contribution >= 0.6 is 0 Å². The summed E-state index contributed by atoms with van der Waals surface area (Å²) in [5.41, 5.74) is -0.447. The van der Waals surface area contributed by atoms with Crippen LogP contribution in [-0.4, -0.2) is 62.1 Å². The van der Waals surface area contributed by atoms with Gasteiger partial charge < -0.3 is 9.64 Å². The van der Waals surface area contributed by atoms with E-state index in [1.165, 1.54) is 21.3 Å². The first-order valence-corrected chi connectivity index (χ1v) is 9.06. The standard InChI is InChI=1S/C15H21FN2O4S/c1-15(11-18(8-9-22-15)23(3,20)21)14(19)17(2)10-12-4-6-13(16)7-5-12/h4-7H,8-11H2,1-3H3. The molecule has 1 fully saturated rings. The zero-order chi connectivity index (χ0) is 17.3. The highest BCUT2D eigenvalue weighted by Gasteiger charge is 2.43. The number of likely N-dealkylation sites (N-methyl/N-ethyl adjacent to an activating group) is 1. The van der Waals surface area contributed by atoms with Crippen LogP contribution in [0.4, 0.5) is 4.39 Å². The smallest absolute Gasteiger partial charge is 0.255 e. The van der Waals surface area contributed by atoms with Crippen LogP contribution in [0.2, 0.25) is 0 Å². The van der Waals surface area contributed by atoms with E-state index in [0.29, 0.717) is 0 Å². The molecule has 1 aromatic carbocycles. The molecule has 1 unspecified atom stereocenters. The fraction of sp³-hybridized carbons (Fsp3) is 0.533. The number of carbonyl (C=O) groups excluding carboxylic acids is 1. The van der Waals surface area contributed by atoms with Gasteiger partial charge in [-0.05, 0) is 24.6 Å². The minimum atomic E-state index is -3.38. The van der Waals surface area contributed by atoms with Crippen LogP contribution in [0.3, 0.4) is 0 Å². The number of rotatable bonds is 4. The highest BCUT2D eigenvalue weighted by Crippen LogP contribution is 2.22. The van der Waals surface area contributed by atoms with E-state index in [-0.39, 0.29) is 38.0 Å². The molecule has 0 N–H and O–H groups in total. The Balaban J connectivity index is 2.09. The number of sulfonamides is 1. The van der Waals surface area contributed by atoms with Crippen molar-refractivity contribution in [1.29, 1.82) is 0 Å². The molecule has 8 heteroatoms. The van der Waals surface area contributed by atoms with Gasteiger partial charge >= 0.3 is 0 Å². The van der Waals surface area contributed by atoms with Crippen LogP contribution in [0.25, 0.3) is 0 Å². The number of benzene rings is 1. The normalized spacial score (nSPS) is 22.8. The molecule has 128 valence electrons. The molecule has 2 rings (SSSR count). The van der Waals surface area contributed by atoms with Gasteiger partial charge in [-0.1, -0.05) is 12.1 Å². The van der Waals surface area contributed by atoms with Gasteiger partial charge in [-0.15, -0.1) is 0 Å². The molecule has 0 spiro atoms. The Morgan fingerprint density at radius 3 is 2.57 bits per heavy atom. The van der Waals surface area contributed by atoms with Gasteiger partial charge in [0.25, 0.3) is 5.91 Å². The average molecular weight is 344 g/mol. The van der Waals surface area contributed by atoms with Crippen molar-refractivity contribution in [2.24, 2.45) is 0 Å². The summed E-state index contributed by atoms with van der Waals surface area (Å²) in [4.78, 5) is 14.1. The van der Waals surface area contributed by atoms with Crippen molar-refractivity contribution in [3.63, 3.8) is 0 Å². The van der Waals surface area contributed by atoms with Crippen molar-refractivity contribution >= 4 is 15.9 Å². The van der Waals surface area contributed by atoms with Gasteiger partial charge in [0.1, 0.15) is 5.82 Å². The van der Waals surface area contributed by atoms with Crippen molar-refractivity contribution in [1.82, 2.24) is 9.21 Å². The van der Waals surface area contributed by atoms with E-state index < -0.39 is 15.6 Å². The number of hydrogen-bond acceptors (Lipinski definition) is 4. The maximum atomic E-state index is 12.9. The van der Waals surface area contributed by atoms with E-state index in [4.69, 9.17) is 4.74 Å². The number of hydrogen-bond donors (Lipinski definition) is 0. The lowest BCUT2D eigenvalue weighted by Crippen LogP contribution is -2.59. The van der Waals surface area contributed by atoms with E-state index in [1.54, 1.807) is 26.1 Å². The third-order valence-electron chi connectivity index (χ3n) is 3.84. The quantitative estimate of drug-likeness (QED) is 0.812. The topological polar surface area (TPSA) is 66.9 Å². The molecule has 0 aromatic heterocycles. The van der Waals surface area contributed by atoms with Gasteiger partial charge in [0.15, 0.2) is 5.60 Å². The molecule has 6 nitrogen and oxygen atoms in total. The second-order valence-corrected chi connectivity index (χ2v) is 7.95. The molecular weight excluding hydrogens is 323 g/mol. The Morgan fingerprint density at radius 2 is 2.00 bits per heavy atom. The summed E-state index contributed by atoms with van der Waals surface area (Å²) in [7, 11) is -1.77. The Hall–Kier alpha value is -1.51. The van der Waals surface area contributed by atoms with Crippen molar-refractivity contribution < 1.29 is 22.3 Å². The molecule has 1 aliphatic heterocycles. The summed E-state index contributed by atoms with van der Waals surface area (Å²) < 4.78 is 43.1. The molecule has 23 heavy (non-hydrogen) atoms. The zero-order valence-electron chi connectivity index (χ0n) is 13.5. The summed E-state index contributed by atoms with van der Waals surface area (Å²) in [6, 6.07) is 5.87. The zero-order valence-corrected chi connectivity index (χ0v) is 14.3. The largest absolute Gasteiger partial charge is 0.363 e. The first-order chi connectivity index (χ1) is 10.6. The number of amides is 1. The number of nitrogens with zero attached hydrogens (tertiary/aromatic N) is 2. The second-order valence-electron chi connectivity index (χ2n) is 5.96. The summed E-state index contributed by atoms with van der Waals surface area (Å²) >= 11 is 0. The monoisotopic (exact) mass is 344 g/mol. The number of morpholine rings is 1. The summed E-state index contributed by atoms with van der Waals surface area (Å²) in [6.45, 7) is 2.27. The van der Waals surface area contributed by atoms with Gasteiger partial charge in [0.2, 0.25) is 10.0 Å². The van der Waals surface area contributed by atoms with Gasteiger partial charge in [-0.25, -0.2) is 12.8 Å². The van der Waals surface area contributed by atoms with Crippen LogP contribution in [0, 0.1) is 5.82 Å². The van der Waals surface area contributed by atoms with Crippen molar-refractivity contribution in [3.8, 4) is 0 Å². The van der Waals surface area contributed by atoms with Crippen LogP contribution < -0.4 is 0 Å². The van der Waals surface area contributed by atoms with Crippen molar-refractivity contribution in [2.45, 2.75) is 19.1 Å². The third kappa shape index (κ3) is 4.27. The minimum Gasteiger partial charge on any atom is -0.363 e. The first kappa shape index (κ1) is 17.8. The predicted octanol–water partition coefficient (Wildman–Crippen LogP) is 0.835. The van der Waals surface area contributed by atoms with Gasteiger partial charge in [-0.3, -0.25) is 4.79 Å². The van der Waals surface area contributed by atoms with Crippen LogP contribution in [0.1, 0.15) is 12.5 Å². The van der Waals surface area contributed by atoms with E-state index in [9.17, 15) is 17.6 Å². The van der Waals surface area contributed by atoms with Crippen molar-refractivity contribution in [2.75, 3.05) is 33.0 Å². The van der Waals surface area contributed by atoms with Gasteiger partial charge in [0.05, 0.1) is 19.4 Å². The number of carbonyl (C=O) groups is 1.